The highest BCUT2D eigenvalue weighted by atomic mass is 16.2. The van der Waals surface area contributed by atoms with E-state index in [9.17, 15) is 4.79 Å². The van der Waals surface area contributed by atoms with Gasteiger partial charge in [0.1, 0.15) is 0 Å². The predicted molar refractivity (Wildman–Crippen MR) is 162 cm³/mol. The molecule has 2 aliphatic carbocycles. The normalized spacial score (nSPS) is 33.6. The second-order valence-corrected chi connectivity index (χ2v) is 12.3. The number of hydrogen-bond acceptors (Lipinski definition) is 2. The number of fused-ring (bicyclic) bond motifs is 2. The van der Waals surface area contributed by atoms with Crippen molar-refractivity contribution in [2.75, 3.05) is 9.80 Å². The fourth-order valence-electron chi connectivity index (χ4n) is 8.32. The number of carbonyl (C=O) groups excluding carboxylic acids is 1. The number of rotatable bonds is 6. The van der Waals surface area contributed by atoms with Gasteiger partial charge in [-0.25, -0.2) is 0 Å². The quantitative estimate of drug-likeness (QED) is 0.362. The first-order valence-corrected chi connectivity index (χ1v) is 14.4. The van der Waals surface area contributed by atoms with Crippen molar-refractivity contribution in [2.45, 2.75) is 33.1 Å². The molecule has 0 bridgehead atoms. The van der Waals surface area contributed by atoms with Crippen molar-refractivity contribution in [1.29, 1.82) is 0 Å². The summed E-state index contributed by atoms with van der Waals surface area (Å²) < 4.78 is 0. The Morgan fingerprint density at radius 3 is 1.59 bits per heavy atom. The molecule has 3 nitrogen and oxygen atoms in total. The lowest BCUT2D eigenvalue weighted by Crippen LogP contribution is -2.28. The number of amides is 1. The first-order chi connectivity index (χ1) is 18.7. The Bertz CT molecular complexity index is 1260. The van der Waals surface area contributed by atoms with Gasteiger partial charge in [-0.05, 0) is 78.3 Å². The van der Waals surface area contributed by atoms with E-state index in [2.05, 4.69) is 106 Å². The van der Waals surface area contributed by atoms with Crippen LogP contribution in [0.3, 0.4) is 0 Å². The predicted octanol–water partition coefficient (Wildman–Crippen LogP) is 8.13. The minimum absolute atomic E-state index is 0.0203. The van der Waals surface area contributed by atoms with Gasteiger partial charge in [0.05, 0.1) is 5.92 Å². The van der Waals surface area contributed by atoms with Crippen LogP contribution in [0.5, 0.6) is 0 Å². The monoisotopic (exact) mass is 516 g/mol. The van der Waals surface area contributed by atoms with Crippen LogP contribution in [0.25, 0.3) is 0 Å². The fourth-order valence-corrected chi connectivity index (χ4v) is 8.32. The minimum Gasteiger partial charge on any atom is -0.318 e. The number of anilines is 2. The van der Waals surface area contributed by atoms with Gasteiger partial charge in [-0.2, -0.15) is 0 Å². The van der Waals surface area contributed by atoms with E-state index in [0.29, 0.717) is 35.5 Å². The number of carbonyl (C=O) groups is 1. The standard InChI is InChI=1S/C36H40N2O/c1-8-28-18-21(3)32-23(5)37(24(6)34(28)32)30-14-10-26(11-15-30)20-27-12-16-31(17-13-27)38-25(7)35-29(9-2)19-22(4)33(35)36(38)39/h8-17,21-22,28-29,32-35H,1-2,5-7,18-20H2,3-4H3. The third kappa shape index (κ3) is 3.89. The van der Waals surface area contributed by atoms with E-state index in [0.717, 1.165) is 42.0 Å². The van der Waals surface area contributed by atoms with Gasteiger partial charge >= 0.3 is 0 Å². The highest BCUT2D eigenvalue weighted by Crippen LogP contribution is 2.56. The summed E-state index contributed by atoms with van der Waals surface area (Å²) in [5.74, 6) is 2.99. The van der Waals surface area contributed by atoms with Crippen molar-refractivity contribution in [3.63, 3.8) is 0 Å². The van der Waals surface area contributed by atoms with Crippen LogP contribution in [-0.2, 0) is 11.2 Å². The molecule has 6 rings (SSSR count). The molecule has 8 unspecified atom stereocenters. The molecule has 2 aromatic rings. The van der Waals surface area contributed by atoms with Gasteiger partial charge in [0.2, 0.25) is 5.91 Å². The minimum atomic E-state index is 0.0203. The van der Waals surface area contributed by atoms with Crippen molar-refractivity contribution < 1.29 is 4.79 Å². The molecule has 1 amide bonds. The zero-order chi connectivity index (χ0) is 27.6. The highest BCUT2D eigenvalue weighted by Gasteiger charge is 2.54. The third-order valence-electron chi connectivity index (χ3n) is 10.1. The SMILES string of the molecule is C=CC1CC(C)C2C(=C)N(c3ccc(Cc4ccc(N5C(=C)C6C(C=C)CC(C)C6C5=O)cc4)cc3)C(=C)C12. The van der Waals surface area contributed by atoms with E-state index in [4.69, 9.17) is 0 Å². The molecule has 2 aromatic carbocycles. The van der Waals surface area contributed by atoms with Crippen molar-refractivity contribution in [2.24, 2.45) is 47.3 Å². The van der Waals surface area contributed by atoms with Crippen LogP contribution in [0.2, 0.25) is 0 Å². The molecule has 0 radical (unpaired) electrons. The smallest absolute Gasteiger partial charge is 0.235 e. The Balaban J connectivity index is 1.15. The van der Waals surface area contributed by atoms with Gasteiger partial charge in [0.15, 0.2) is 0 Å². The number of benzene rings is 2. The summed E-state index contributed by atoms with van der Waals surface area (Å²) in [5, 5.41) is 0. The molecule has 3 heteroatoms. The summed E-state index contributed by atoms with van der Waals surface area (Å²) in [6.45, 7) is 25.9. The molecule has 2 saturated heterocycles. The molecular weight excluding hydrogens is 476 g/mol. The van der Waals surface area contributed by atoms with Gasteiger partial charge in [0.25, 0.3) is 0 Å². The van der Waals surface area contributed by atoms with Crippen LogP contribution < -0.4 is 9.80 Å². The second kappa shape index (κ2) is 9.55. The van der Waals surface area contributed by atoms with E-state index in [1.807, 2.05) is 11.0 Å². The van der Waals surface area contributed by atoms with Crippen LogP contribution in [0, 0.1) is 47.3 Å². The van der Waals surface area contributed by atoms with Crippen LogP contribution in [-0.4, -0.2) is 5.91 Å². The Hall–Kier alpha value is -3.59. The van der Waals surface area contributed by atoms with E-state index in [1.54, 1.807) is 0 Å². The van der Waals surface area contributed by atoms with E-state index in [1.165, 1.54) is 16.8 Å². The third-order valence-corrected chi connectivity index (χ3v) is 10.1. The lowest BCUT2D eigenvalue weighted by molar-refractivity contribution is -0.121. The van der Waals surface area contributed by atoms with Crippen LogP contribution in [0.15, 0.2) is 111 Å². The number of hydrogen-bond donors (Lipinski definition) is 0. The Morgan fingerprint density at radius 1 is 0.667 bits per heavy atom. The fraction of sp³-hybridized carbons (Fsp3) is 0.361. The summed E-state index contributed by atoms with van der Waals surface area (Å²) in [7, 11) is 0. The first kappa shape index (κ1) is 25.7. The molecule has 0 N–H and O–H groups in total. The summed E-state index contributed by atoms with van der Waals surface area (Å²) >= 11 is 0. The average Bonchev–Trinajstić information content (AvgIpc) is 3.61. The molecule has 8 atom stereocenters. The Labute approximate surface area is 233 Å². The molecule has 39 heavy (non-hydrogen) atoms. The molecule has 2 aliphatic heterocycles. The molecular formula is C36H40N2O. The number of nitrogens with zero attached hydrogens (tertiary/aromatic N) is 2. The van der Waals surface area contributed by atoms with Gasteiger partial charge in [0, 0.05) is 46.2 Å². The van der Waals surface area contributed by atoms with Gasteiger partial charge in [-0.3, -0.25) is 9.69 Å². The molecule has 4 aliphatic rings. The zero-order valence-corrected chi connectivity index (χ0v) is 23.4. The zero-order valence-electron chi connectivity index (χ0n) is 23.4. The van der Waals surface area contributed by atoms with E-state index >= 15 is 0 Å². The van der Waals surface area contributed by atoms with Crippen molar-refractivity contribution in [1.82, 2.24) is 0 Å². The van der Waals surface area contributed by atoms with Crippen molar-refractivity contribution >= 4 is 17.3 Å². The molecule has 200 valence electrons. The van der Waals surface area contributed by atoms with Crippen LogP contribution >= 0.6 is 0 Å². The maximum absolute atomic E-state index is 13.4. The summed E-state index contributed by atoms with van der Waals surface area (Å²) in [6, 6.07) is 17.2. The van der Waals surface area contributed by atoms with Crippen molar-refractivity contribution in [3.8, 4) is 0 Å². The van der Waals surface area contributed by atoms with Gasteiger partial charge < -0.3 is 4.90 Å². The molecule has 4 fully saturated rings. The largest absolute Gasteiger partial charge is 0.318 e. The van der Waals surface area contributed by atoms with Crippen LogP contribution in [0.1, 0.15) is 37.8 Å². The first-order valence-electron chi connectivity index (χ1n) is 14.4. The topological polar surface area (TPSA) is 23.6 Å². The second-order valence-electron chi connectivity index (χ2n) is 12.3. The van der Waals surface area contributed by atoms with Gasteiger partial charge in [-0.15, -0.1) is 13.2 Å². The maximum atomic E-state index is 13.4. The summed E-state index contributed by atoms with van der Waals surface area (Å²) in [5.41, 5.74) is 7.76. The molecule has 2 heterocycles. The lowest BCUT2D eigenvalue weighted by atomic mass is 9.88. The molecule has 0 aromatic heterocycles. The van der Waals surface area contributed by atoms with E-state index < -0.39 is 0 Å². The van der Waals surface area contributed by atoms with Crippen LogP contribution in [0.4, 0.5) is 11.4 Å². The Kier molecular flexibility index (Phi) is 6.29. The number of allylic oxidation sites excluding steroid dienone is 5. The lowest BCUT2D eigenvalue weighted by Gasteiger charge is -2.25. The van der Waals surface area contributed by atoms with E-state index in [-0.39, 0.29) is 17.7 Å². The van der Waals surface area contributed by atoms with Gasteiger partial charge in [-0.1, -0.05) is 70.0 Å². The Morgan fingerprint density at radius 2 is 1.08 bits per heavy atom. The maximum Gasteiger partial charge on any atom is 0.235 e. The highest BCUT2D eigenvalue weighted by molar-refractivity contribution is 6.02. The summed E-state index contributed by atoms with van der Waals surface area (Å²) in [4.78, 5) is 17.5. The molecule has 0 spiro atoms. The average molecular weight is 517 g/mol. The summed E-state index contributed by atoms with van der Waals surface area (Å²) in [6.07, 6.45) is 7.14. The van der Waals surface area contributed by atoms with Crippen molar-refractivity contribution in [3.05, 3.63) is 122 Å². The molecule has 2 saturated carbocycles.